The molecule has 1 fully saturated rings. The second kappa shape index (κ2) is 12.7. The summed E-state index contributed by atoms with van der Waals surface area (Å²) in [4.78, 5) is 50.2. The highest BCUT2D eigenvalue weighted by molar-refractivity contribution is 8.18. The van der Waals surface area contributed by atoms with Crippen LogP contribution in [0.5, 0.6) is 17.2 Å². The number of methoxy groups -OCH3 is 2. The predicted octanol–water partition coefficient (Wildman–Crippen LogP) is 4.63. The van der Waals surface area contributed by atoms with E-state index in [1.54, 1.807) is 25.1 Å². The van der Waals surface area contributed by atoms with Gasteiger partial charge in [-0.25, -0.2) is 4.79 Å². The zero-order chi connectivity index (χ0) is 27.1. The third-order valence-corrected chi connectivity index (χ3v) is 6.29. The lowest BCUT2D eigenvalue weighted by molar-refractivity contribution is -0.143. The van der Waals surface area contributed by atoms with Gasteiger partial charge in [0.05, 0.1) is 35.8 Å². The summed E-state index contributed by atoms with van der Waals surface area (Å²) in [5.41, 5.74) is 0.826. The molecule has 1 aliphatic rings. The number of halogens is 2. The van der Waals surface area contributed by atoms with Gasteiger partial charge < -0.3 is 24.3 Å². The number of amides is 3. The van der Waals surface area contributed by atoms with E-state index in [2.05, 4.69) is 10.1 Å². The first-order valence-electron chi connectivity index (χ1n) is 10.7. The average Bonchev–Trinajstić information content (AvgIpc) is 3.10. The fourth-order valence-electron chi connectivity index (χ4n) is 3.14. The van der Waals surface area contributed by atoms with Gasteiger partial charge in [0.2, 0.25) is 5.91 Å². The smallest absolute Gasteiger partial charge is 0.343 e. The van der Waals surface area contributed by atoms with Gasteiger partial charge in [-0.3, -0.25) is 19.3 Å². The summed E-state index contributed by atoms with van der Waals surface area (Å²) in [6.07, 6.45) is 1.45. The van der Waals surface area contributed by atoms with Gasteiger partial charge >= 0.3 is 5.97 Å². The van der Waals surface area contributed by atoms with E-state index in [0.717, 1.165) is 4.90 Å². The van der Waals surface area contributed by atoms with E-state index in [1.165, 1.54) is 32.4 Å². The van der Waals surface area contributed by atoms with E-state index >= 15 is 0 Å². The number of thioether (sulfide) groups is 1. The predicted molar refractivity (Wildman–Crippen MR) is 139 cm³/mol. The van der Waals surface area contributed by atoms with Crippen molar-refractivity contribution < 1.29 is 38.1 Å². The normalized spacial score (nSPS) is 14.1. The third kappa shape index (κ3) is 7.09. The van der Waals surface area contributed by atoms with Gasteiger partial charge in [0.1, 0.15) is 12.3 Å². The molecule has 1 aliphatic heterocycles. The van der Waals surface area contributed by atoms with E-state index < -0.39 is 29.6 Å². The topological polar surface area (TPSA) is 120 Å². The van der Waals surface area contributed by atoms with Crippen LogP contribution in [0.25, 0.3) is 6.08 Å². The highest BCUT2D eigenvalue weighted by Gasteiger charge is 2.36. The van der Waals surface area contributed by atoms with E-state index in [-0.39, 0.29) is 34.6 Å². The van der Waals surface area contributed by atoms with Gasteiger partial charge in [0, 0.05) is 5.69 Å². The van der Waals surface area contributed by atoms with Crippen LogP contribution in [0, 0.1) is 0 Å². The molecule has 37 heavy (non-hydrogen) atoms. The number of rotatable bonds is 10. The number of benzene rings is 2. The van der Waals surface area contributed by atoms with Crippen LogP contribution in [0.2, 0.25) is 10.0 Å². The minimum absolute atomic E-state index is 0.0898. The van der Waals surface area contributed by atoms with Crippen molar-refractivity contribution in [2.75, 3.05) is 39.3 Å². The van der Waals surface area contributed by atoms with Crippen molar-refractivity contribution in [2.45, 2.75) is 6.92 Å². The lowest BCUT2D eigenvalue weighted by Gasteiger charge is -2.14. The molecule has 0 unspecified atom stereocenters. The van der Waals surface area contributed by atoms with Gasteiger partial charge in [0.25, 0.3) is 11.1 Å². The number of nitrogens with one attached hydrogen (secondary N) is 1. The lowest BCUT2D eigenvalue weighted by Crippen LogP contribution is -2.36. The molecule has 0 saturated carbocycles. The highest BCUT2D eigenvalue weighted by atomic mass is 35.5. The average molecular weight is 569 g/mol. The zero-order valence-electron chi connectivity index (χ0n) is 20.0. The highest BCUT2D eigenvalue weighted by Crippen LogP contribution is 2.39. The summed E-state index contributed by atoms with van der Waals surface area (Å²) in [5, 5.41) is 2.40. The molecule has 3 rings (SSSR count). The molecule has 1 N–H and O–H groups in total. The minimum Gasteiger partial charge on any atom is -0.495 e. The molecule has 0 aromatic heterocycles. The first-order valence-corrected chi connectivity index (χ1v) is 12.3. The van der Waals surface area contributed by atoms with Gasteiger partial charge in [-0.2, -0.15) is 0 Å². The number of carbonyl (C=O) groups excluding carboxylic acids is 4. The van der Waals surface area contributed by atoms with Crippen LogP contribution in [-0.2, 0) is 19.1 Å². The van der Waals surface area contributed by atoms with Crippen LogP contribution < -0.4 is 19.5 Å². The summed E-state index contributed by atoms with van der Waals surface area (Å²) in [5.74, 6) is -1.02. The largest absolute Gasteiger partial charge is 0.495 e. The molecule has 0 atom stereocenters. The maximum Gasteiger partial charge on any atom is 0.343 e. The monoisotopic (exact) mass is 568 g/mol. The van der Waals surface area contributed by atoms with Crippen LogP contribution in [0.1, 0.15) is 12.5 Å². The van der Waals surface area contributed by atoms with Crippen LogP contribution >= 0.6 is 35.0 Å². The molecule has 2 aromatic carbocycles. The molecular formula is C24H22Cl2N2O8S. The van der Waals surface area contributed by atoms with E-state index in [0.29, 0.717) is 33.8 Å². The number of esters is 1. The maximum atomic E-state index is 12.9. The second-order valence-corrected chi connectivity index (χ2v) is 9.10. The van der Waals surface area contributed by atoms with Crippen molar-refractivity contribution in [3.05, 3.63) is 50.8 Å². The standard InChI is InChI=1S/C24H22Cl2N2O8S/c1-4-35-18-8-13(7-16(26)22(18)36-12-21(30)34-3)9-19-23(31)28(24(32)37-19)11-20(29)27-14-5-6-17(33-2)15(25)10-14/h5-10H,4,11-12H2,1-3H3,(H,27,29)/b19-9-. The SMILES string of the molecule is CCOc1cc(/C=C2\SC(=O)N(CC(=O)Nc3ccc(OC)c(Cl)c3)C2=O)cc(Cl)c1OCC(=O)OC. The molecule has 10 nitrogen and oxygen atoms in total. The second-order valence-electron chi connectivity index (χ2n) is 7.29. The molecule has 196 valence electrons. The fraction of sp³-hybridized carbons (Fsp3) is 0.250. The summed E-state index contributed by atoms with van der Waals surface area (Å²) >= 11 is 13.1. The lowest BCUT2D eigenvalue weighted by atomic mass is 10.1. The number of anilines is 1. The van der Waals surface area contributed by atoms with Gasteiger partial charge in [0.15, 0.2) is 18.1 Å². The molecule has 3 amide bonds. The van der Waals surface area contributed by atoms with E-state index in [1.807, 2.05) is 0 Å². The Kier molecular flexibility index (Phi) is 9.67. The number of ether oxygens (including phenoxy) is 4. The Morgan fingerprint density at radius 2 is 1.81 bits per heavy atom. The molecule has 0 bridgehead atoms. The number of nitrogens with zero attached hydrogens (tertiary/aromatic N) is 1. The van der Waals surface area contributed by atoms with Crippen LogP contribution in [0.15, 0.2) is 35.2 Å². The summed E-state index contributed by atoms with van der Waals surface area (Å²) in [6.45, 7) is 1.16. The summed E-state index contributed by atoms with van der Waals surface area (Å²) in [6, 6.07) is 7.69. The van der Waals surface area contributed by atoms with Crippen LogP contribution in [0.3, 0.4) is 0 Å². The molecule has 13 heteroatoms. The van der Waals surface area contributed by atoms with Crippen molar-refractivity contribution in [3.63, 3.8) is 0 Å². The molecule has 0 aliphatic carbocycles. The van der Waals surface area contributed by atoms with E-state index in [4.69, 9.17) is 37.4 Å². The summed E-state index contributed by atoms with van der Waals surface area (Å²) in [7, 11) is 2.69. The zero-order valence-corrected chi connectivity index (χ0v) is 22.3. The number of hydrogen-bond donors (Lipinski definition) is 1. The number of imide groups is 1. The number of hydrogen-bond acceptors (Lipinski definition) is 9. The summed E-state index contributed by atoms with van der Waals surface area (Å²) < 4.78 is 20.6. The van der Waals surface area contributed by atoms with Crippen molar-refractivity contribution >= 4 is 69.8 Å². The molecule has 0 spiro atoms. The number of carbonyl (C=O) groups is 4. The Morgan fingerprint density at radius 3 is 2.46 bits per heavy atom. The van der Waals surface area contributed by atoms with Gasteiger partial charge in [-0.05, 0) is 60.7 Å². The first-order chi connectivity index (χ1) is 17.7. The quantitative estimate of drug-likeness (QED) is 0.323. The molecule has 2 aromatic rings. The molecule has 0 radical (unpaired) electrons. The van der Waals surface area contributed by atoms with E-state index in [9.17, 15) is 19.2 Å². The van der Waals surface area contributed by atoms with Crippen LogP contribution in [-0.4, -0.2) is 61.9 Å². The van der Waals surface area contributed by atoms with Gasteiger partial charge in [-0.15, -0.1) is 0 Å². The Labute approximate surface area is 226 Å². The minimum atomic E-state index is -0.641. The molecule has 1 heterocycles. The van der Waals surface area contributed by atoms with Gasteiger partial charge in [-0.1, -0.05) is 23.2 Å². The maximum absolute atomic E-state index is 12.9. The third-order valence-electron chi connectivity index (χ3n) is 4.80. The van der Waals surface area contributed by atoms with Crippen molar-refractivity contribution in [2.24, 2.45) is 0 Å². The van der Waals surface area contributed by atoms with Crippen molar-refractivity contribution in [1.82, 2.24) is 4.90 Å². The fourth-order valence-corrected chi connectivity index (χ4v) is 4.51. The van der Waals surface area contributed by atoms with Crippen molar-refractivity contribution in [1.29, 1.82) is 0 Å². The Hall–Kier alpha value is -3.41. The Balaban J connectivity index is 1.75. The molecule has 1 saturated heterocycles. The Bertz CT molecular complexity index is 1270. The first kappa shape index (κ1) is 28.2. The van der Waals surface area contributed by atoms with Crippen molar-refractivity contribution in [3.8, 4) is 17.2 Å². The van der Waals surface area contributed by atoms with Crippen LogP contribution in [0.4, 0.5) is 10.5 Å². The molecular weight excluding hydrogens is 547 g/mol. The Morgan fingerprint density at radius 1 is 1.05 bits per heavy atom.